The molecule has 110 valence electrons. The van der Waals surface area contributed by atoms with Crippen molar-refractivity contribution in [2.24, 2.45) is 5.73 Å². The summed E-state index contributed by atoms with van der Waals surface area (Å²) in [5.41, 5.74) is 5.30. The molecule has 0 saturated carbocycles. The summed E-state index contributed by atoms with van der Waals surface area (Å²) in [5.74, 6) is -1.45. The topological polar surface area (TPSA) is 129 Å². The highest BCUT2D eigenvalue weighted by atomic mass is 19.1. The van der Waals surface area contributed by atoms with E-state index >= 15 is 0 Å². The van der Waals surface area contributed by atoms with Crippen LogP contribution in [0.2, 0.25) is 0 Å². The van der Waals surface area contributed by atoms with E-state index in [1.807, 2.05) is 0 Å². The fourth-order valence-corrected chi connectivity index (χ4v) is 1.59. The molecule has 0 aliphatic carbocycles. The molecule has 3 N–H and O–H groups in total. The molecular formula is C11H11FN6O3. The molecule has 0 atom stereocenters. The molecule has 10 heteroatoms. The van der Waals surface area contributed by atoms with Gasteiger partial charge in [0.15, 0.2) is 0 Å². The van der Waals surface area contributed by atoms with Crippen LogP contribution in [0.5, 0.6) is 0 Å². The van der Waals surface area contributed by atoms with E-state index in [1.165, 1.54) is 16.9 Å². The van der Waals surface area contributed by atoms with Gasteiger partial charge in [-0.3, -0.25) is 14.9 Å². The second-order valence-electron chi connectivity index (χ2n) is 4.08. The summed E-state index contributed by atoms with van der Waals surface area (Å²) in [6.07, 6.45) is 1.51. The first kappa shape index (κ1) is 14.5. The summed E-state index contributed by atoms with van der Waals surface area (Å²) in [6, 6.07) is 3.09. The molecule has 9 nitrogen and oxygen atoms in total. The minimum absolute atomic E-state index is 0.118. The van der Waals surface area contributed by atoms with Gasteiger partial charge in [0.05, 0.1) is 16.8 Å². The number of rotatable bonds is 5. The van der Waals surface area contributed by atoms with Gasteiger partial charge in [0.25, 0.3) is 0 Å². The smallest absolute Gasteiger partial charge is 0.306 e. The number of aromatic nitrogens is 3. The SMILES string of the molecule is NCc1cn(CC(=O)Nc2ccc(F)c([N+](=O)[O-])c2)nn1. The second kappa shape index (κ2) is 6.05. The van der Waals surface area contributed by atoms with Crippen LogP contribution in [0.15, 0.2) is 24.4 Å². The molecule has 0 radical (unpaired) electrons. The van der Waals surface area contributed by atoms with Crippen LogP contribution >= 0.6 is 0 Å². The summed E-state index contributed by atoms with van der Waals surface area (Å²) in [7, 11) is 0. The van der Waals surface area contributed by atoms with Gasteiger partial charge in [0.1, 0.15) is 6.54 Å². The predicted octanol–water partition coefficient (Wildman–Crippen LogP) is 0.423. The first-order valence-electron chi connectivity index (χ1n) is 5.82. The van der Waals surface area contributed by atoms with Gasteiger partial charge in [-0.05, 0) is 12.1 Å². The van der Waals surface area contributed by atoms with Gasteiger partial charge in [-0.1, -0.05) is 5.21 Å². The number of hydrogen-bond donors (Lipinski definition) is 2. The highest BCUT2D eigenvalue weighted by molar-refractivity contribution is 5.90. The number of nitrogens with zero attached hydrogens (tertiary/aromatic N) is 4. The van der Waals surface area contributed by atoms with Crippen molar-refractivity contribution in [3.05, 3.63) is 46.0 Å². The summed E-state index contributed by atoms with van der Waals surface area (Å²) in [5, 5.41) is 20.4. The highest BCUT2D eigenvalue weighted by Gasteiger charge is 2.15. The Hall–Kier alpha value is -2.88. The lowest BCUT2D eigenvalue weighted by atomic mass is 10.2. The number of halogens is 1. The molecule has 1 aromatic heterocycles. The molecule has 0 spiro atoms. The van der Waals surface area contributed by atoms with Gasteiger partial charge in [-0.25, -0.2) is 4.68 Å². The predicted molar refractivity (Wildman–Crippen MR) is 69.6 cm³/mol. The van der Waals surface area contributed by atoms with E-state index in [0.717, 1.165) is 12.1 Å². The van der Waals surface area contributed by atoms with Crippen molar-refractivity contribution in [1.29, 1.82) is 0 Å². The number of amides is 1. The Kier molecular flexibility index (Phi) is 4.18. The lowest BCUT2D eigenvalue weighted by Gasteiger charge is -2.05. The van der Waals surface area contributed by atoms with Crippen LogP contribution in [-0.2, 0) is 17.9 Å². The maximum atomic E-state index is 13.2. The summed E-state index contributed by atoms with van der Waals surface area (Å²) in [6.45, 7) is 0.0595. The van der Waals surface area contributed by atoms with Crippen LogP contribution in [-0.4, -0.2) is 25.8 Å². The van der Waals surface area contributed by atoms with Gasteiger partial charge in [0.2, 0.25) is 11.7 Å². The molecule has 1 amide bonds. The highest BCUT2D eigenvalue weighted by Crippen LogP contribution is 2.21. The molecule has 0 unspecified atom stereocenters. The van der Waals surface area contributed by atoms with Crippen molar-refractivity contribution >= 4 is 17.3 Å². The Bertz CT molecular complexity index is 686. The molecule has 0 saturated heterocycles. The van der Waals surface area contributed by atoms with E-state index in [1.54, 1.807) is 0 Å². The molecule has 0 aliphatic heterocycles. The average Bonchev–Trinajstić information content (AvgIpc) is 2.88. The third-order valence-corrected chi connectivity index (χ3v) is 2.53. The Morgan fingerprint density at radius 1 is 1.52 bits per heavy atom. The maximum Gasteiger partial charge on any atom is 0.306 e. The molecular weight excluding hydrogens is 283 g/mol. The molecule has 2 rings (SSSR count). The van der Waals surface area contributed by atoms with Crippen molar-refractivity contribution in [2.45, 2.75) is 13.1 Å². The second-order valence-corrected chi connectivity index (χ2v) is 4.08. The number of nitro groups is 1. The van der Waals surface area contributed by atoms with E-state index in [-0.39, 0.29) is 18.8 Å². The quantitative estimate of drug-likeness (QED) is 0.607. The van der Waals surface area contributed by atoms with Crippen LogP contribution in [0.3, 0.4) is 0 Å². The van der Waals surface area contributed by atoms with Crippen molar-refractivity contribution < 1.29 is 14.1 Å². The number of anilines is 1. The Morgan fingerprint density at radius 3 is 2.90 bits per heavy atom. The third-order valence-electron chi connectivity index (χ3n) is 2.53. The maximum absolute atomic E-state index is 13.2. The fourth-order valence-electron chi connectivity index (χ4n) is 1.59. The minimum Gasteiger partial charge on any atom is -0.325 e. The minimum atomic E-state index is -0.970. The normalized spacial score (nSPS) is 10.4. The lowest BCUT2D eigenvalue weighted by molar-refractivity contribution is -0.387. The van der Waals surface area contributed by atoms with Crippen LogP contribution in [0.25, 0.3) is 0 Å². The molecule has 1 heterocycles. The van der Waals surface area contributed by atoms with Crippen molar-refractivity contribution in [3.8, 4) is 0 Å². The molecule has 2 aromatic rings. The van der Waals surface area contributed by atoms with Crippen molar-refractivity contribution in [3.63, 3.8) is 0 Å². The first-order valence-corrected chi connectivity index (χ1v) is 5.82. The van der Waals surface area contributed by atoms with Gasteiger partial charge < -0.3 is 11.1 Å². The standard InChI is InChI=1S/C11H11FN6O3/c12-9-2-1-7(3-10(9)18(20)21)14-11(19)6-17-5-8(4-13)15-16-17/h1-3,5H,4,6,13H2,(H,14,19). The number of nitrogens with one attached hydrogen (secondary N) is 1. The van der Waals surface area contributed by atoms with Gasteiger partial charge >= 0.3 is 5.69 Å². The molecule has 0 fully saturated rings. The zero-order valence-electron chi connectivity index (χ0n) is 10.7. The van der Waals surface area contributed by atoms with E-state index in [0.29, 0.717) is 5.69 Å². The number of hydrogen-bond acceptors (Lipinski definition) is 6. The lowest BCUT2D eigenvalue weighted by Crippen LogP contribution is -2.19. The third kappa shape index (κ3) is 3.57. The van der Waals surface area contributed by atoms with Gasteiger partial charge in [-0.15, -0.1) is 5.10 Å². The van der Waals surface area contributed by atoms with Gasteiger partial charge in [0, 0.05) is 18.3 Å². The zero-order valence-corrected chi connectivity index (χ0v) is 10.7. The van der Waals surface area contributed by atoms with Crippen molar-refractivity contribution in [1.82, 2.24) is 15.0 Å². The van der Waals surface area contributed by atoms with E-state index < -0.39 is 22.3 Å². The van der Waals surface area contributed by atoms with E-state index in [2.05, 4.69) is 15.6 Å². The number of carbonyl (C=O) groups is 1. The zero-order chi connectivity index (χ0) is 15.4. The largest absolute Gasteiger partial charge is 0.325 e. The van der Waals surface area contributed by atoms with E-state index in [9.17, 15) is 19.3 Å². The Labute approximate surface area is 117 Å². The Balaban J connectivity index is 2.05. The fraction of sp³-hybridized carbons (Fsp3) is 0.182. The van der Waals surface area contributed by atoms with Crippen LogP contribution < -0.4 is 11.1 Å². The number of carbonyl (C=O) groups excluding carboxylic acids is 1. The number of nitro benzene ring substituents is 1. The van der Waals surface area contributed by atoms with Crippen LogP contribution in [0, 0.1) is 15.9 Å². The molecule has 0 bridgehead atoms. The van der Waals surface area contributed by atoms with Crippen LogP contribution in [0.1, 0.15) is 5.69 Å². The first-order chi connectivity index (χ1) is 9.99. The summed E-state index contributed by atoms with van der Waals surface area (Å²) < 4.78 is 14.4. The molecule has 21 heavy (non-hydrogen) atoms. The number of nitrogens with two attached hydrogens (primary N) is 1. The van der Waals surface area contributed by atoms with Crippen molar-refractivity contribution in [2.75, 3.05) is 5.32 Å². The van der Waals surface area contributed by atoms with E-state index in [4.69, 9.17) is 5.73 Å². The molecule has 0 aliphatic rings. The Morgan fingerprint density at radius 2 is 2.29 bits per heavy atom. The summed E-state index contributed by atoms with van der Waals surface area (Å²) in [4.78, 5) is 21.5. The average molecular weight is 294 g/mol. The van der Waals surface area contributed by atoms with Gasteiger partial charge in [-0.2, -0.15) is 4.39 Å². The van der Waals surface area contributed by atoms with Crippen LogP contribution in [0.4, 0.5) is 15.8 Å². The number of benzene rings is 1. The summed E-state index contributed by atoms with van der Waals surface area (Å²) >= 11 is 0. The monoisotopic (exact) mass is 294 g/mol. The molecule has 1 aromatic carbocycles.